The van der Waals surface area contributed by atoms with E-state index in [0.717, 1.165) is 28.3 Å². The Kier molecular flexibility index (Phi) is 5.64. The standard InChI is InChI=1S/C21H24N2O4/c1-14-5-10-19-18(13-14)20(22-15(2)24)21(25)23(19)11-4-12-27-17-8-6-16(26-3)7-9-17/h5-10,13,20H,4,11-12H2,1-3H3,(H,22,24)/t20-/m1/s1. The third kappa shape index (κ3) is 4.22. The number of nitrogens with one attached hydrogen (secondary N) is 1. The maximum absolute atomic E-state index is 12.8. The molecule has 6 nitrogen and oxygen atoms in total. The second-order valence-electron chi connectivity index (χ2n) is 6.56. The maximum Gasteiger partial charge on any atom is 0.254 e. The van der Waals surface area contributed by atoms with Crippen LogP contribution in [0.5, 0.6) is 11.5 Å². The van der Waals surface area contributed by atoms with Crippen LogP contribution in [0.3, 0.4) is 0 Å². The van der Waals surface area contributed by atoms with Crippen LogP contribution >= 0.6 is 0 Å². The number of nitrogens with zero attached hydrogens (tertiary/aromatic N) is 1. The number of fused-ring (bicyclic) bond motifs is 1. The third-order valence-corrected chi connectivity index (χ3v) is 4.50. The van der Waals surface area contributed by atoms with Gasteiger partial charge in [0.2, 0.25) is 5.91 Å². The van der Waals surface area contributed by atoms with E-state index in [9.17, 15) is 9.59 Å². The molecule has 2 amide bonds. The minimum Gasteiger partial charge on any atom is -0.497 e. The van der Waals surface area contributed by atoms with E-state index < -0.39 is 6.04 Å². The molecule has 1 N–H and O–H groups in total. The molecule has 0 aliphatic carbocycles. The molecule has 3 rings (SSSR count). The van der Waals surface area contributed by atoms with Crippen molar-refractivity contribution in [2.24, 2.45) is 0 Å². The van der Waals surface area contributed by atoms with Crippen LogP contribution < -0.4 is 19.7 Å². The van der Waals surface area contributed by atoms with Gasteiger partial charge in [0.1, 0.15) is 17.5 Å². The molecule has 1 aliphatic heterocycles. The van der Waals surface area contributed by atoms with Crippen molar-refractivity contribution in [1.29, 1.82) is 0 Å². The number of aryl methyl sites for hydroxylation is 1. The highest BCUT2D eigenvalue weighted by atomic mass is 16.5. The van der Waals surface area contributed by atoms with Gasteiger partial charge in [-0.15, -0.1) is 0 Å². The monoisotopic (exact) mass is 368 g/mol. The van der Waals surface area contributed by atoms with Crippen LogP contribution in [0.4, 0.5) is 5.69 Å². The van der Waals surface area contributed by atoms with Crippen molar-refractivity contribution in [2.75, 3.05) is 25.2 Å². The molecule has 6 heteroatoms. The molecule has 27 heavy (non-hydrogen) atoms. The van der Waals surface area contributed by atoms with Gasteiger partial charge in [-0.3, -0.25) is 9.59 Å². The summed E-state index contributed by atoms with van der Waals surface area (Å²) in [7, 11) is 1.62. The summed E-state index contributed by atoms with van der Waals surface area (Å²) in [5.74, 6) is 1.22. The van der Waals surface area contributed by atoms with Gasteiger partial charge in [0, 0.05) is 24.7 Å². The fraction of sp³-hybridized carbons (Fsp3) is 0.333. The summed E-state index contributed by atoms with van der Waals surface area (Å²) in [6.45, 7) is 4.41. The van der Waals surface area contributed by atoms with Crippen molar-refractivity contribution in [3.63, 3.8) is 0 Å². The molecular weight excluding hydrogens is 344 g/mol. The molecule has 0 radical (unpaired) electrons. The van der Waals surface area contributed by atoms with Crippen LogP contribution in [-0.4, -0.2) is 32.1 Å². The summed E-state index contributed by atoms with van der Waals surface area (Å²) >= 11 is 0. The molecule has 0 unspecified atom stereocenters. The second-order valence-corrected chi connectivity index (χ2v) is 6.56. The SMILES string of the molecule is COc1ccc(OCCCN2C(=O)[C@H](NC(C)=O)c3cc(C)ccc32)cc1. The largest absolute Gasteiger partial charge is 0.497 e. The van der Waals surface area contributed by atoms with Crippen LogP contribution in [0.15, 0.2) is 42.5 Å². The highest BCUT2D eigenvalue weighted by Gasteiger charge is 2.37. The first kappa shape index (κ1) is 18.8. The van der Waals surface area contributed by atoms with Crippen LogP contribution in [0.2, 0.25) is 0 Å². The predicted octanol–water partition coefficient (Wildman–Crippen LogP) is 3.00. The number of rotatable bonds is 7. The summed E-state index contributed by atoms with van der Waals surface area (Å²) in [5.41, 5.74) is 2.77. The average Bonchev–Trinajstić information content (AvgIpc) is 2.90. The molecule has 0 spiro atoms. The minimum absolute atomic E-state index is 0.102. The van der Waals surface area contributed by atoms with E-state index in [0.29, 0.717) is 19.6 Å². The van der Waals surface area contributed by atoms with Crippen LogP contribution in [0, 0.1) is 6.92 Å². The van der Waals surface area contributed by atoms with Crippen LogP contribution in [0.1, 0.15) is 30.5 Å². The van der Waals surface area contributed by atoms with E-state index >= 15 is 0 Å². The summed E-state index contributed by atoms with van der Waals surface area (Å²) in [6.07, 6.45) is 0.678. The number of hydrogen-bond donors (Lipinski definition) is 1. The molecule has 1 aliphatic rings. The molecule has 1 heterocycles. The molecule has 2 aromatic carbocycles. The van der Waals surface area contributed by atoms with Gasteiger partial charge in [-0.05, 0) is 43.7 Å². The number of methoxy groups -OCH3 is 1. The van der Waals surface area contributed by atoms with E-state index in [2.05, 4.69) is 5.32 Å². The Balaban J connectivity index is 1.62. The molecule has 142 valence electrons. The molecule has 0 fully saturated rings. The van der Waals surface area contributed by atoms with Gasteiger partial charge in [-0.2, -0.15) is 0 Å². The lowest BCUT2D eigenvalue weighted by molar-refractivity contribution is -0.126. The highest BCUT2D eigenvalue weighted by molar-refractivity contribution is 6.06. The topological polar surface area (TPSA) is 67.9 Å². The first-order valence-electron chi connectivity index (χ1n) is 8.95. The fourth-order valence-electron chi connectivity index (χ4n) is 3.22. The van der Waals surface area contributed by atoms with Gasteiger partial charge in [-0.25, -0.2) is 0 Å². The lowest BCUT2D eigenvalue weighted by Gasteiger charge is -2.18. The Hall–Kier alpha value is -3.02. The predicted molar refractivity (Wildman–Crippen MR) is 103 cm³/mol. The fourth-order valence-corrected chi connectivity index (χ4v) is 3.22. The number of ether oxygens (including phenoxy) is 2. The van der Waals surface area contributed by atoms with Gasteiger partial charge >= 0.3 is 0 Å². The summed E-state index contributed by atoms with van der Waals surface area (Å²) in [4.78, 5) is 26.0. The Morgan fingerprint density at radius 1 is 1.15 bits per heavy atom. The van der Waals surface area contributed by atoms with Gasteiger partial charge in [0.25, 0.3) is 5.91 Å². The third-order valence-electron chi connectivity index (χ3n) is 4.50. The van der Waals surface area contributed by atoms with Gasteiger partial charge in [0.15, 0.2) is 0 Å². The summed E-state index contributed by atoms with van der Waals surface area (Å²) < 4.78 is 10.9. The van der Waals surface area contributed by atoms with Crippen molar-refractivity contribution in [2.45, 2.75) is 26.3 Å². The van der Waals surface area contributed by atoms with Crippen LogP contribution in [0.25, 0.3) is 0 Å². The highest BCUT2D eigenvalue weighted by Crippen LogP contribution is 2.36. The van der Waals surface area contributed by atoms with Gasteiger partial charge < -0.3 is 19.7 Å². The first-order chi connectivity index (χ1) is 13.0. The van der Waals surface area contributed by atoms with Crippen molar-refractivity contribution < 1.29 is 19.1 Å². The maximum atomic E-state index is 12.8. The number of carbonyl (C=O) groups is 2. The van der Waals surface area contributed by atoms with Crippen molar-refractivity contribution >= 4 is 17.5 Å². The van der Waals surface area contributed by atoms with Crippen molar-refractivity contribution in [3.05, 3.63) is 53.6 Å². The van der Waals surface area contributed by atoms with E-state index in [1.54, 1.807) is 12.0 Å². The molecule has 0 saturated heterocycles. The Bertz CT molecular complexity index is 833. The Morgan fingerprint density at radius 2 is 1.85 bits per heavy atom. The zero-order valence-electron chi connectivity index (χ0n) is 15.8. The van der Waals surface area contributed by atoms with E-state index in [4.69, 9.17) is 9.47 Å². The smallest absolute Gasteiger partial charge is 0.254 e. The number of carbonyl (C=O) groups excluding carboxylic acids is 2. The Morgan fingerprint density at radius 3 is 2.52 bits per heavy atom. The normalized spacial score (nSPS) is 15.4. The molecule has 1 atom stereocenters. The molecule has 2 aromatic rings. The van der Waals surface area contributed by atoms with E-state index in [-0.39, 0.29) is 11.8 Å². The Labute approximate surface area is 159 Å². The minimum atomic E-state index is -0.611. The quantitative estimate of drug-likeness (QED) is 0.763. The summed E-state index contributed by atoms with van der Waals surface area (Å²) in [5, 5.41) is 2.76. The van der Waals surface area contributed by atoms with Crippen molar-refractivity contribution in [3.8, 4) is 11.5 Å². The van der Waals surface area contributed by atoms with E-state index in [1.165, 1.54) is 6.92 Å². The molecule has 0 aromatic heterocycles. The second kappa shape index (κ2) is 8.12. The molecule has 0 bridgehead atoms. The zero-order chi connectivity index (χ0) is 19.4. The van der Waals surface area contributed by atoms with Crippen LogP contribution in [-0.2, 0) is 9.59 Å². The first-order valence-corrected chi connectivity index (χ1v) is 8.95. The van der Waals surface area contributed by atoms with Crippen molar-refractivity contribution in [1.82, 2.24) is 5.32 Å². The van der Waals surface area contributed by atoms with Gasteiger partial charge in [0.05, 0.1) is 13.7 Å². The van der Waals surface area contributed by atoms with E-state index in [1.807, 2.05) is 49.4 Å². The molecule has 0 saturated carbocycles. The zero-order valence-corrected chi connectivity index (χ0v) is 15.8. The van der Waals surface area contributed by atoms with Gasteiger partial charge in [-0.1, -0.05) is 17.7 Å². The number of benzene rings is 2. The lowest BCUT2D eigenvalue weighted by Crippen LogP contribution is -2.37. The average molecular weight is 368 g/mol. The lowest BCUT2D eigenvalue weighted by atomic mass is 10.1. The molecular formula is C21H24N2O4. The number of hydrogen-bond acceptors (Lipinski definition) is 4. The number of amides is 2. The summed E-state index contributed by atoms with van der Waals surface area (Å²) in [6, 6.07) is 12.7. The number of anilines is 1.